The zero-order valence-corrected chi connectivity index (χ0v) is 8.02. The number of hydrogen-bond donors (Lipinski definition) is 1. The van der Waals surface area contributed by atoms with Gasteiger partial charge in [-0.3, -0.25) is 0 Å². The van der Waals surface area contributed by atoms with E-state index in [1.54, 1.807) is 13.1 Å². The predicted molar refractivity (Wildman–Crippen MR) is 48.9 cm³/mol. The Morgan fingerprint density at radius 3 is 2.43 bits per heavy atom. The summed E-state index contributed by atoms with van der Waals surface area (Å²) in [4.78, 5) is 0. The maximum Gasteiger partial charge on any atom is 0.416 e. The normalized spacial score (nSPS) is 14.1. The van der Waals surface area contributed by atoms with Crippen LogP contribution in [0.15, 0.2) is 24.3 Å². The predicted octanol–water partition coefficient (Wildman–Crippen LogP) is 2.99. The van der Waals surface area contributed by atoms with Crippen molar-refractivity contribution in [2.45, 2.75) is 19.1 Å². The molecular weight excluding hydrogens is 191 g/mol. The van der Waals surface area contributed by atoms with Crippen molar-refractivity contribution in [1.29, 1.82) is 0 Å². The van der Waals surface area contributed by atoms with E-state index in [-0.39, 0.29) is 6.04 Å². The fourth-order valence-electron chi connectivity index (χ4n) is 1.15. The molecule has 0 aliphatic heterocycles. The molecule has 0 aromatic heterocycles. The van der Waals surface area contributed by atoms with Crippen molar-refractivity contribution in [3.05, 3.63) is 35.4 Å². The van der Waals surface area contributed by atoms with E-state index in [1.165, 1.54) is 12.1 Å². The Morgan fingerprint density at radius 2 is 1.93 bits per heavy atom. The van der Waals surface area contributed by atoms with Gasteiger partial charge in [-0.2, -0.15) is 13.2 Å². The molecular formula is C10H12F3N. The van der Waals surface area contributed by atoms with Crippen molar-refractivity contribution >= 4 is 0 Å². The number of rotatable bonds is 2. The average molecular weight is 203 g/mol. The van der Waals surface area contributed by atoms with Crippen LogP contribution < -0.4 is 5.32 Å². The Morgan fingerprint density at radius 1 is 1.29 bits per heavy atom. The molecule has 1 aromatic rings. The van der Waals surface area contributed by atoms with Crippen LogP contribution in [0.3, 0.4) is 0 Å². The van der Waals surface area contributed by atoms with E-state index in [0.717, 1.165) is 6.07 Å². The lowest BCUT2D eigenvalue weighted by molar-refractivity contribution is -0.137. The molecule has 78 valence electrons. The van der Waals surface area contributed by atoms with Gasteiger partial charge in [0, 0.05) is 6.04 Å². The summed E-state index contributed by atoms with van der Waals surface area (Å²) in [5, 5.41) is 2.89. The molecule has 1 rings (SSSR count). The van der Waals surface area contributed by atoms with Crippen molar-refractivity contribution in [3.63, 3.8) is 0 Å². The van der Waals surface area contributed by atoms with Crippen LogP contribution in [-0.2, 0) is 6.18 Å². The molecule has 1 atom stereocenters. The van der Waals surface area contributed by atoms with Crippen molar-refractivity contribution < 1.29 is 13.2 Å². The Hall–Kier alpha value is -1.03. The minimum Gasteiger partial charge on any atom is -0.313 e. The number of alkyl halides is 3. The molecule has 4 heteroatoms. The van der Waals surface area contributed by atoms with Gasteiger partial charge in [0.1, 0.15) is 0 Å². The minimum atomic E-state index is -4.26. The van der Waals surface area contributed by atoms with Crippen molar-refractivity contribution in [2.24, 2.45) is 0 Å². The summed E-state index contributed by atoms with van der Waals surface area (Å²) in [7, 11) is 1.71. The van der Waals surface area contributed by atoms with Crippen LogP contribution in [0.1, 0.15) is 24.1 Å². The van der Waals surface area contributed by atoms with E-state index in [1.807, 2.05) is 6.92 Å². The second-order valence-corrected chi connectivity index (χ2v) is 3.13. The highest BCUT2D eigenvalue weighted by Crippen LogP contribution is 2.30. The molecule has 14 heavy (non-hydrogen) atoms. The Kier molecular flexibility index (Phi) is 3.16. The quantitative estimate of drug-likeness (QED) is 0.779. The molecule has 0 bridgehead atoms. The molecule has 0 amide bonds. The molecule has 0 saturated carbocycles. The van der Waals surface area contributed by atoms with Crippen LogP contribution >= 0.6 is 0 Å². The second-order valence-electron chi connectivity index (χ2n) is 3.13. The van der Waals surface area contributed by atoms with E-state index in [9.17, 15) is 13.2 Å². The first kappa shape index (κ1) is 11.0. The first-order chi connectivity index (χ1) is 6.45. The summed E-state index contributed by atoms with van der Waals surface area (Å²) in [6.45, 7) is 1.81. The summed E-state index contributed by atoms with van der Waals surface area (Å²) >= 11 is 0. The fraction of sp³-hybridized carbons (Fsp3) is 0.400. The first-order valence-electron chi connectivity index (χ1n) is 4.29. The van der Waals surface area contributed by atoms with Crippen molar-refractivity contribution in [3.8, 4) is 0 Å². The van der Waals surface area contributed by atoms with Gasteiger partial charge in [-0.25, -0.2) is 0 Å². The van der Waals surface area contributed by atoms with Gasteiger partial charge in [-0.1, -0.05) is 12.1 Å². The zero-order valence-electron chi connectivity index (χ0n) is 8.02. The Bertz CT molecular complexity index is 306. The largest absolute Gasteiger partial charge is 0.416 e. The van der Waals surface area contributed by atoms with E-state index in [0.29, 0.717) is 5.56 Å². The minimum absolute atomic E-state index is 0.0719. The lowest BCUT2D eigenvalue weighted by Gasteiger charge is -2.13. The molecule has 1 nitrogen and oxygen atoms in total. The second kappa shape index (κ2) is 4.00. The average Bonchev–Trinajstić information content (AvgIpc) is 2.15. The van der Waals surface area contributed by atoms with E-state index >= 15 is 0 Å². The molecule has 0 saturated heterocycles. The van der Waals surface area contributed by atoms with Crippen molar-refractivity contribution in [2.75, 3.05) is 7.05 Å². The Balaban J connectivity index is 3.01. The molecule has 0 heterocycles. The highest BCUT2D eigenvalue weighted by molar-refractivity contribution is 5.27. The molecule has 0 spiro atoms. The van der Waals surface area contributed by atoms with Gasteiger partial charge in [0.05, 0.1) is 5.56 Å². The number of benzene rings is 1. The maximum atomic E-state index is 12.3. The Labute approximate surface area is 80.9 Å². The zero-order chi connectivity index (χ0) is 10.8. The molecule has 1 N–H and O–H groups in total. The molecule has 0 aliphatic rings. The topological polar surface area (TPSA) is 12.0 Å². The van der Waals surface area contributed by atoms with Gasteiger partial charge in [-0.15, -0.1) is 0 Å². The fourth-order valence-corrected chi connectivity index (χ4v) is 1.15. The number of nitrogens with one attached hydrogen (secondary N) is 1. The summed E-state index contributed by atoms with van der Waals surface area (Å²) in [6.07, 6.45) is -4.26. The maximum absolute atomic E-state index is 12.3. The number of halogens is 3. The van der Waals surface area contributed by atoms with E-state index in [2.05, 4.69) is 5.32 Å². The van der Waals surface area contributed by atoms with Crippen LogP contribution in [0.5, 0.6) is 0 Å². The lowest BCUT2D eigenvalue weighted by Crippen LogP contribution is -2.13. The highest BCUT2D eigenvalue weighted by Gasteiger charge is 2.30. The van der Waals surface area contributed by atoms with Crippen molar-refractivity contribution in [1.82, 2.24) is 5.32 Å². The van der Waals surface area contributed by atoms with Gasteiger partial charge in [0.25, 0.3) is 0 Å². The summed E-state index contributed by atoms with van der Waals surface area (Å²) in [6, 6.07) is 5.27. The SMILES string of the molecule is CN[C@H](C)c1cccc(C(F)(F)F)c1. The molecule has 1 aromatic carbocycles. The van der Waals surface area contributed by atoms with Crippen LogP contribution in [0.4, 0.5) is 13.2 Å². The smallest absolute Gasteiger partial charge is 0.313 e. The lowest BCUT2D eigenvalue weighted by atomic mass is 10.1. The van der Waals surface area contributed by atoms with Crippen LogP contribution in [-0.4, -0.2) is 7.05 Å². The third kappa shape index (κ3) is 2.48. The molecule has 0 fully saturated rings. The molecule has 0 unspecified atom stereocenters. The summed E-state index contributed by atoms with van der Waals surface area (Å²) in [5.74, 6) is 0. The third-order valence-corrected chi connectivity index (χ3v) is 2.15. The van der Waals surface area contributed by atoms with E-state index < -0.39 is 11.7 Å². The van der Waals surface area contributed by atoms with Gasteiger partial charge < -0.3 is 5.32 Å². The van der Waals surface area contributed by atoms with Crippen LogP contribution in [0.2, 0.25) is 0 Å². The van der Waals surface area contributed by atoms with Gasteiger partial charge >= 0.3 is 6.18 Å². The van der Waals surface area contributed by atoms with Crippen LogP contribution in [0, 0.1) is 0 Å². The van der Waals surface area contributed by atoms with E-state index in [4.69, 9.17) is 0 Å². The molecule has 0 radical (unpaired) electrons. The molecule has 0 aliphatic carbocycles. The monoisotopic (exact) mass is 203 g/mol. The van der Waals surface area contributed by atoms with Gasteiger partial charge in [-0.05, 0) is 31.7 Å². The summed E-state index contributed by atoms with van der Waals surface area (Å²) in [5.41, 5.74) is 0.0411. The number of hydrogen-bond acceptors (Lipinski definition) is 1. The van der Waals surface area contributed by atoms with Crippen LogP contribution in [0.25, 0.3) is 0 Å². The van der Waals surface area contributed by atoms with Gasteiger partial charge in [0.15, 0.2) is 0 Å². The summed E-state index contributed by atoms with van der Waals surface area (Å²) < 4.78 is 36.9. The standard InChI is InChI=1S/C10H12F3N/c1-7(14-2)8-4-3-5-9(6-8)10(11,12)13/h3-7,14H,1-2H3/t7-/m1/s1. The van der Waals surface area contributed by atoms with Gasteiger partial charge in [0.2, 0.25) is 0 Å². The highest BCUT2D eigenvalue weighted by atomic mass is 19.4. The first-order valence-corrected chi connectivity index (χ1v) is 4.29. The third-order valence-electron chi connectivity index (χ3n) is 2.15.